The van der Waals surface area contributed by atoms with Crippen molar-refractivity contribution < 1.29 is 21.6 Å². The number of nitrogens with one attached hydrogen (secondary N) is 1. The first-order chi connectivity index (χ1) is 10.5. The van der Waals surface area contributed by atoms with Crippen LogP contribution in [0, 0.1) is 0 Å². The number of rotatable bonds is 8. The van der Waals surface area contributed by atoms with Gasteiger partial charge in [0.25, 0.3) is 0 Å². The summed E-state index contributed by atoms with van der Waals surface area (Å²) in [7, 11) is -1.81. The minimum absolute atomic E-state index is 0.0461. The Balaban J connectivity index is 2.63. The SMILES string of the molecule is CCC(C)N(C)CCNS(=O)(=O)c1ccc(SC(F)(F)F)cc1. The number of hydrogen-bond donors (Lipinski definition) is 1. The molecule has 1 unspecified atom stereocenters. The molecule has 0 saturated heterocycles. The summed E-state index contributed by atoms with van der Waals surface area (Å²) in [5.74, 6) is 0. The average molecular weight is 370 g/mol. The Bertz CT molecular complexity index is 589. The van der Waals surface area contributed by atoms with Crippen molar-refractivity contribution in [2.24, 2.45) is 0 Å². The van der Waals surface area contributed by atoms with Gasteiger partial charge < -0.3 is 4.90 Å². The molecule has 0 bridgehead atoms. The molecular weight excluding hydrogens is 349 g/mol. The van der Waals surface area contributed by atoms with Crippen molar-refractivity contribution in [3.05, 3.63) is 24.3 Å². The van der Waals surface area contributed by atoms with Crippen LogP contribution in [0.2, 0.25) is 0 Å². The number of hydrogen-bond acceptors (Lipinski definition) is 4. The molecule has 4 nitrogen and oxygen atoms in total. The lowest BCUT2D eigenvalue weighted by Gasteiger charge is -2.23. The molecule has 0 heterocycles. The number of halogens is 3. The standard InChI is InChI=1S/C14H21F3N2O2S2/c1-4-11(2)19(3)10-9-18-23(20,21)13-7-5-12(6-8-13)22-14(15,16)17/h5-8,11,18H,4,9-10H2,1-3H3. The first kappa shape index (κ1) is 20.3. The van der Waals surface area contributed by atoms with E-state index < -0.39 is 15.5 Å². The Kier molecular flexibility index (Phi) is 7.37. The molecular formula is C14H21F3N2O2S2. The second kappa shape index (κ2) is 8.36. The molecule has 0 aliphatic carbocycles. The maximum absolute atomic E-state index is 12.2. The second-order valence-corrected chi connectivity index (χ2v) is 8.06. The molecule has 1 rings (SSSR count). The van der Waals surface area contributed by atoms with E-state index in [-0.39, 0.29) is 28.1 Å². The van der Waals surface area contributed by atoms with E-state index in [1.54, 1.807) is 0 Å². The third-order valence-corrected chi connectivity index (χ3v) is 5.68. The van der Waals surface area contributed by atoms with Crippen LogP contribution in [-0.2, 0) is 10.0 Å². The van der Waals surface area contributed by atoms with E-state index in [4.69, 9.17) is 0 Å². The third kappa shape index (κ3) is 7.11. The number of likely N-dealkylation sites (N-methyl/N-ethyl adjacent to an activating group) is 1. The number of nitrogens with zero attached hydrogens (tertiary/aromatic N) is 1. The van der Waals surface area contributed by atoms with E-state index in [0.29, 0.717) is 12.6 Å². The summed E-state index contributed by atoms with van der Waals surface area (Å²) in [6.45, 7) is 4.88. The van der Waals surface area contributed by atoms with Gasteiger partial charge in [0.05, 0.1) is 4.90 Å². The predicted octanol–water partition coefficient (Wildman–Crippen LogP) is 3.31. The molecule has 132 valence electrons. The van der Waals surface area contributed by atoms with Crippen molar-refractivity contribution in [1.82, 2.24) is 9.62 Å². The van der Waals surface area contributed by atoms with Gasteiger partial charge in [-0.3, -0.25) is 0 Å². The van der Waals surface area contributed by atoms with E-state index in [1.807, 2.05) is 25.8 Å². The molecule has 0 aromatic heterocycles. The molecule has 9 heteroatoms. The van der Waals surface area contributed by atoms with Crippen molar-refractivity contribution in [3.63, 3.8) is 0 Å². The van der Waals surface area contributed by atoms with Crippen LogP contribution in [0.4, 0.5) is 13.2 Å². The van der Waals surface area contributed by atoms with E-state index >= 15 is 0 Å². The fourth-order valence-corrected chi connectivity index (χ4v) is 3.35. The van der Waals surface area contributed by atoms with Crippen LogP contribution in [0.1, 0.15) is 20.3 Å². The van der Waals surface area contributed by atoms with Crippen LogP contribution in [0.3, 0.4) is 0 Å². The van der Waals surface area contributed by atoms with Crippen LogP contribution in [0.5, 0.6) is 0 Å². The van der Waals surface area contributed by atoms with Crippen molar-refractivity contribution in [2.45, 2.75) is 41.6 Å². The summed E-state index contributed by atoms with van der Waals surface area (Å²) < 4.78 is 63.4. The van der Waals surface area contributed by atoms with Gasteiger partial charge in [-0.2, -0.15) is 13.2 Å². The first-order valence-corrected chi connectivity index (χ1v) is 9.41. The normalized spacial score (nSPS) is 14.2. The van der Waals surface area contributed by atoms with Gasteiger partial charge in [-0.25, -0.2) is 13.1 Å². The molecule has 0 aliphatic heterocycles. The highest BCUT2D eigenvalue weighted by Gasteiger charge is 2.29. The highest BCUT2D eigenvalue weighted by atomic mass is 32.2. The smallest absolute Gasteiger partial charge is 0.302 e. The summed E-state index contributed by atoms with van der Waals surface area (Å²) in [6.07, 6.45) is 0.960. The molecule has 1 aromatic carbocycles. The summed E-state index contributed by atoms with van der Waals surface area (Å²) in [5.41, 5.74) is -4.39. The zero-order valence-electron chi connectivity index (χ0n) is 13.2. The van der Waals surface area contributed by atoms with Gasteiger partial charge in [0.15, 0.2) is 0 Å². The lowest BCUT2D eigenvalue weighted by Crippen LogP contribution is -2.37. The average Bonchev–Trinajstić information content (AvgIpc) is 2.45. The van der Waals surface area contributed by atoms with E-state index in [1.165, 1.54) is 12.1 Å². The Morgan fingerprint density at radius 2 is 1.83 bits per heavy atom. The second-order valence-electron chi connectivity index (χ2n) is 5.15. The Morgan fingerprint density at radius 3 is 2.30 bits per heavy atom. The van der Waals surface area contributed by atoms with Crippen molar-refractivity contribution in [3.8, 4) is 0 Å². The summed E-state index contributed by atoms with van der Waals surface area (Å²) in [5, 5.41) is 0. The summed E-state index contributed by atoms with van der Waals surface area (Å²) in [4.78, 5) is 1.94. The maximum Gasteiger partial charge on any atom is 0.446 e. The first-order valence-electron chi connectivity index (χ1n) is 7.11. The summed E-state index contributed by atoms with van der Waals surface area (Å²) in [6, 6.07) is 5.00. The molecule has 1 N–H and O–H groups in total. The number of sulfonamides is 1. The Hall–Kier alpha value is -0.770. The third-order valence-electron chi connectivity index (χ3n) is 3.47. The largest absolute Gasteiger partial charge is 0.446 e. The molecule has 23 heavy (non-hydrogen) atoms. The predicted molar refractivity (Wildman–Crippen MR) is 85.9 cm³/mol. The van der Waals surface area contributed by atoms with Crippen LogP contribution < -0.4 is 4.72 Å². The van der Waals surface area contributed by atoms with E-state index in [0.717, 1.165) is 18.6 Å². The van der Waals surface area contributed by atoms with Crippen molar-refractivity contribution in [1.29, 1.82) is 0 Å². The zero-order valence-corrected chi connectivity index (χ0v) is 14.9. The monoisotopic (exact) mass is 370 g/mol. The number of thioether (sulfide) groups is 1. The summed E-state index contributed by atoms with van der Waals surface area (Å²) >= 11 is -0.274. The molecule has 0 aliphatic rings. The Morgan fingerprint density at radius 1 is 1.26 bits per heavy atom. The van der Waals surface area contributed by atoms with Crippen molar-refractivity contribution in [2.75, 3.05) is 20.1 Å². The van der Waals surface area contributed by atoms with Crippen LogP contribution >= 0.6 is 11.8 Å². The quantitative estimate of drug-likeness (QED) is 0.714. The highest BCUT2D eigenvalue weighted by molar-refractivity contribution is 8.00. The zero-order chi connectivity index (χ0) is 17.7. The van der Waals surface area contributed by atoms with E-state index in [2.05, 4.69) is 4.72 Å². The molecule has 0 spiro atoms. The van der Waals surface area contributed by atoms with Gasteiger partial charge in [0.2, 0.25) is 10.0 Å². The van der Waals surface area contributed by atoms with Gasteiger partial charge >= 0.3 is 5.51 Å². The van der Waals surface area contributed by atoms with Gasteiger partial charge in [0.1, 0.15) is 0 Å². The van der Waals surface area contributed by atoms with Crippen LogP contribution in [-0.4, -0.2) is 45.0 Å². The van der Waals surface area contributed by atoms with E-state index in [9.17, 15) is 21.6 Å². The van der Waals surface area contributed by atoms with Gasteiger partial charge in [0, 0.05) is 24.0 Å². The molecule has 1 atom stereocenters. The van der Waals surface area contributed by atoms with Gasteiger partial charge in [-0.1, -0.05) is 6.92 Å². The molecule has 0 fully saturated rings. The van der Waals surface area contributed by atoms with Gasteiger partial charge in [-0.15, -0.1) is 0 Å². The topological polar surface area (TPSA) is 49.4 Å². The Labute approximate surface area is 139 Å². The minimum Gasteiger partial charge on any atom is -0.302 e. The fraction of sp³-hybridized carbons (Fsp3) is 0.571. The molecule has 0 radical (unpaired) electrons. The molecule has 0 saturated carbocycles. The van der Waals surface area contributed by atoms with Crippen LogP contribution in [0.15, 0.2) is 34.1 Å². The lowest BCUT2D eigenvalue weighted by molar-refractivity contribution is -0.0328. The molecule has 1 aromatic rings. The lowest BCUT2D eigenvalue weighted by atomic mass is 10.2. The fourth-order valence-electron chi connectivity index (χ4n) is 1.79. The molecule has 0 amide bonds. The van der Waals surface area contributed by atoms with Crippen LogP contribution in [0.25, 0.3) is 0 Å². The minimum atomic E-state index is -4.39. The highest BCUT2D eigenvalue weighted by Crippen LogP contribution is 2.36. The van der Waals surface area contributed by atoms with Crippen molar-refractivity contribution >= 4 is 21.8 Å². The number of alkyl halides is 3. The maximum atomic E-state index is 12.2. The van der Waals surface area contributed by atoms with Gasteiger partial charge in [-0.05, 0) is 56.4 Å². The number of benzene rings is 1.